The summed E-state index contributed by atoms with van der Waals surface area (Å²) in [6, 6.07) is 9.42. The first-order valence-corrected chi connectivity index (χ1v) is 13.0. The summed E-state index contributed by atoms with van der Waals surface area (Å²) in [5, 5.41) is 5.18. The van der Waals surface area contributed by atoms with Crippen LogP contribution in [0.1, 0.15) is 47.9 Å². The number of carbonyl (C=O) groups is 4. The Balaban J connectivity index is 1.23. The number of anilines is 1. The standard InChI is InChI=1S/C28H29FN4O5/c1-30-26(36)31-21-7-8-22-18(13-21)10-11-28(22)25(35)33(27(37)38-28)15-24(34)32-14-19-12-20(29)6-4-16(19)5-9-23(32)17-2-3-17/h4,6-8,12-13,17,23H,2-3,5,9-11,14-15H2,1H3,(H2,30,31,36)/t23-,28+/m0/s1. The summed E-state index contributed by atoms with van der Waals surface area (Å²) in [6.45, 7) is -0.168. The van der Waals surface area contributed by atoms with E-state index in [-0.39, 0.29) is 36.8 Å². The molecule has 1 saturated heterocycles. The van der Waals surface area contributed by atoms with Crippen molar-refractivity contribution >= 4 is 29.6 Å². The fourth-order valence-electron chi connectivity index (χ4n) is 6.14. The number of imide groups is 1. The van der Waals surface area contributed by atoms with Crippen LogP contribution in [0.15, 0.2) is 36.4 Å². The lowest BCUT2D eigenvalue weighted by atomic mass is 9.94. The van der Waals surface area contributed by atoms with Crippen LogP contribution in [-0.4, -0.2) is 53.4 Å². The average molecular weight is 521 g/mol. The highest BCUT2D eigenvalue weighted by Crippen LogP contribution is 2.46. The number of hydrogen-bond acceptors (Lipinski definition) is 5. The first kappa shape index (κ1) is 24.4. The summed E-state index contributed by atoms with van der Waals surface area (Å²) >= 11 is 0. The fraction of sp³-hybridized carbons (Fsp3) is 0.429. The van der Waals surface area contributed by atoms with Crippen LogP contribution in [0.25, 0.3) is 0 Å². The maximum atomic E-state index is 14.0. The lowest BCUT2D eigenvalue weighted by molar-refractivity contribution is -0.143. The van der Waals surface area contributed by atoms with Crippen LogP contribution in [0.5, 0.6) is 0 Å². The highest BCUT2D eigenvalue weighted by atomic mass is 19.1. The third-order valence-electron chi connectivity index (χ3n) is 8.24. The Morgan fingerprint density at radius 2 is 1.87 bits per heavy atom. The van der Waals surface area contributed by atoms with E-state index in [0.717, 1.165) is 47.3 Å². The molecule has 38 heavy (non-hydrogen) atoms. The van der Waals surface area contributed by atoms with Crippen LogP contribution in [0.3, 0.4) is 0 Å². The number of nitrogens with one attached hydrogen (secondary N) is 2. The van der Waals surface area contributed by atoms with Gasteiger partial charge in [0.05, 0.1) is 0 Å². The average Bonchev–Trinajstić information content (AvgIpc) is 3.66. The Bertz CT molecular complexity index is 1360. The highest BCUT2D eigenvalue weighted by Gasteiger charge is 2.58. The molecule has 2 aromatic rings. The molecule has 9 nitrogen and oxygen atoms in total. The van der Waals surface area contributed by atoms with E-state index in [1.165, 1.54) is 19.2 Å². The van der Waals surface area contributed by atoms with Crippen LogP contribution < -0.4 is 10.6 Å². The van der Waals surface area contributed by atoms with E-state index in [1.807, 2.05) is 0 Å². The molecular weight excluding hydrogens is 491 g/mol. The predicted molar refractivity (Wildman–Crippen MR) is 134 cm³/mol. The van der Waals surface area contributed by atoms with Gasteiger partial charge in [-0.3, -0.25) is 9.59 Å². The Kier molecular flexibility index (Phi) is 5.85. The SMILES string of the molecule is CNC(=O)Nc1ccc2c(c1)CC[C@@]21OC(=O)N(CC(=O)N2Cc3cc(F)ccc3CC[C@H]2C2CC2)C1=O. The second kappa shape index (κ2) is 9.11. The van der Waals surface area contributed by atoms with E-state index >= 15 is 0 Å². The van der Waals surface area contributed by atoms with Gasteiger partial charge in [0, 0.05) is 37.3 Å². The first-order chi connectivity index (χ1) is 18.3. The molecule has 4 aliphatic rings. The van der Waals surface area contributed by atoms with Crippen molar-refractivity contribution in [2.75, 3.05) is 18.9 Å². The molecule has 6 rings (SSSR count). The van der Waals surface area contributed by atoms with Crippen LogP contribution >= 0.6 is 0 Å². The Morgan fingerprint density at radius 3 is 2.63 bits per heavy atom. The van der Waals surface area contributed by atoms with Crippen molar-refractivity contribution in [1.82, 2.24) is 15.1 Å². The maximum absolute atomic E-state index is 14.0. The van der Waals surface area contributed by atoms with Gasteiger partial charge in [0.15, 0.2) is 0 Å². The second-order valence-corrected chi connectivity index (χ2v) is 10.5. The summed E-state index contributed by atoms with van der Waals surface area (Å²) in [5.74, 6) is -0.865. The van der Waals surface area contributed by atoms with Gasteiger partial charge in [-0.25, -0.2) is 18.9 Å². The van der Waals surface area contributed by atoms with Crippen LogP contribution in [0.4, 0.5) is 19.7 Å². The van der Waals surface area contributed by atoms with Gasteiger partial charge in [-0.15, -0.1) is 0 Å². The largest absolute Gasteiger partial charge is 0.427 e. The summed E-state index contributed by atoms with van der Waals surface area (Å²) in [4.78, 5) is 54.6. The Morgan fingerprint density at radius 1 is 1.05 bits per heavy atom. The first-order valence-electron chi connectivity index (χ1n) is 13.0. The Labute approximate surface area is 219 Å². The number of amides is 5. The molecule has 10 heteroatoms. The summed E-state index contributed by atoms with van der Waals surface area (Å²) < 4.78 is 19.7. The lowest BCUT2D eigenvalue weighted by Crippen LogP contribution is -2.48. The molecule has 2 atom stereocenters. The molecule has 1 spiro atoms. The molecule has 2 aliphatic heterocycles. The van der Waals surface area contributed by atoms with E-state index in [0.29, 0.717) is 23.6 Å². The number of urea groups is 1. The molecule has 5 amide bonds. The number of rotatable bonds is 4. The summed E-state index contributed by atoms with van der Waals surface area (Å²) in [7, 11) is 1.51. The fourth-order valence-corrected chi connectivity index (χ4v) is 6.14. The third kappa shape index (κ3) is 4.08. The molecular formula is C28H29FN4O5. The number of hydrogen-bond donors (Lipinski definition) is 2. The number of aryl methyl sites for hydroxylation is 2. The minimum Gasteiger partial charge on any atom is -0.427 e. The van der Waals surface area contributed by atoms with Crippen LogP contribution in [0, 0.1) is 11.7 Å². The van der Waals surface area contributed by atoms with Crippen molar-refractivity contribution < 1.29 is 28.3 Å². The summed E-state index contributed by atoms with van der Waals surface area (Å²) in [6.07, 6.45) is 3.48. The van der Waals surface area contributed by atoms with Gasteiger partial charge >= 0.3 is 12.1 Å². The number of benzene rings is 2. The van der Waals surface area contributed by atoms with Gasteiger partial charge in [0.25, 0.3) is 5.91 Å². The Hall–Kier alpha value is -3.95. The van der Waals surface area contributed by atoms with Crippen LogP contribution in [0.2, 0.25) is 0 Å². The summed E-state index contributed by atoms with van der Waals surface area (Å²) in [5.41, 5.74) is 2.25. The van der Waals surface area contributed by atoms with Gasteiger partial charge in [-0.2, -0.15) is 0 Å². The molecule has 0 radical (unpaired) electrons. The molecule has 0 aromatic heterocycles. The maximum Gasteiger partial charge on any atom is 0.418 e. The number of ether oxygens (including phenoxy) is 1. The number of carbonyl (C=O) groups excluding carboxylic acids is 4. The molecule has 1 saturated carbocycles. The molecule has 2 aliphatic carbocycles. The zero-order valence-electron chi connectivity index (χ0n) is 21.1. The smallest absolute Gasteiger partial charge is 0.418 e. The minimum atomic E-state index is -1.47. The third-order valence-corrected chi connectivity index (χ3v) is 8.24. The van der Waals surface area contributed by atoms with Gasteiger partial charge in [-0.1, -0.05) is 12.1 Å². The molecule has 2 fully saturated rings. The monoisotopic (exact) mass is 520 g/mol. The highest BCUT2D eigenvalue weighted by molar-refractivity contribution is 6.06. The zero-order chi connectivity index (χ0) is 26.6. The van der Waals surface area contributed by atoms with Gasteiger partial charge in [-0.05, 0) is 79.0 Å². The van der Waals surface area contributed by atoms with Crippen molar-refractivity contribution in [3.8, 4) is 0 Å². The van der Waals surface area contributed by atoms with E-state index in [4.69, 9.17) is 4.74 Å². The van der Waals surface area contributed by atoms with E-state index in [9.17, 15) is 23.6 Å². The van der Waals surface area contributed by atoms with Gasteiger partial charge in [0.2, 0.25) is 11.5 Å². The van der Waals surface area contributed by atoms with Crippen molar-refractivity contribution in [3.63, 3.8) is 0 Å². The van der Waals surface area contributed by atoms with Crippen molar-refractivity contribution in [2.24, 2.45) is 5.92 Å². The molecule has 2 N–H and O–H groups in total. The quantitative estimate of drug-likeness (QED) is 0.642. The molecule has 0 unspecified atom stereocenters. The minimum absolute atomic E-state index is 0.0147. The number of fused-ring (bicyclic) bond motifs is 3. The molecule has 2 aromatic carbocycles. The number of nitrogens with zero attached hydrogens (tertiary/aromatic N) is 2. The van der Waals surface area contributed by atoms with Crippen LogP contribution in [-0.2, 0) is 39.3 Å². The molecule has 198 valence electrons. The van der Waals surface area contributed by atoms with E-state index in [2.05, 4.69) is 10.6 Å². The number of halogens is 1. The predicted octanol–water partition coefficient (Wildman–Crippen LogP) is 3.45. The topological polar surface area (TPSA) is 108 Å². The van der Waals surface area contributed by atoms with Crippen molar-refractivity contribution in [2.45, 2.75) is 56.7 Å². The second-order valence-electron chi connectivity index (χ2n) is 10.5. The normalized spacial score (nSPS) is 24.1. The lowest BCUT2D eigenvalue weighted by Gasteiger charge is -2.31. The van der Waals surface area contributed by atoms with Gasteiger partial charge in [0.1, 0.15) is 12.4 Å². The van der Waals surface area contributed by atoms with E-state index in [1.54, 1.807) is 29.2 Å². The van der Waals surface area contributed by atoms with Crippen molar-refractivity contribution in [1.29, 1.82) is 0 Å². The van der Waals surface area contributed by atoms with Gasteiger partial charge < -0.3 is 20.3 Å². The van der Waals surface area contributed by atoms with Crippen molar-refractivity contribution in [3.05, 3.63) is 64.5 Å². The van der Waals surface area contributed by atoms with E-state index < -0.39 is 24.1 Å². The molecule has 2 heterocycles. The molecule has 0 bridgehead atoms. The zero-order valence-corrected chi connectivity index (χ0v) is 21.1.